The van der Waals surface area contributed by atoms with Gasteiger partial charge in [-0.3, -0.25) is 9.59 Å². The summed E-state index contributed by atoms with van der Waals surface area (Å²) in [5.74, 6) is -2.48. The second-order valence-electron chi connectivity index (χ2n) is 5.34. The average Bonchev–Trinajstić information content (AvgIpc) is 2.56. The van der Waals surface area contributed by atoms with Crippen LogP contribution in [0.15, 0.2) is 36.4 Å². The second kappa shape index (κ2) is 8.23. The van der Waals surface area contributed by atoms with Gasteiger partial charge >= 0.3 is 5.97 Å². The van der Waals surface area contributed by atoms with Crippen molar-refractivity contribution >= 4 is 17.6 Å². The minimum absolute atomic E-state index is 0.00359. The molecule has 0 radical (unpaired) electrons. The van der Waals surface area contributed by atoms with Crippen LogP contribution < -0.4 is 10.1 Å². The van der Waals surface area contributed by atoms with Crippen LogP contribution in [0.2, 0.25) is 0 Å². The summed E-state index contributed by atoms with van der Waals surface area (Å²) in [7, 11) is 1.34. The molecule has 0 saturated heterocycles. The first kappa shape index (κ1) is 18.4. The van der Waals surface area contributed by atoms with Gasteiger partial charge in [0.25, 0.3) is 5.91 Å². The van der Waals surface area contributed by atoms with Gasteiger partial charge in [0, 0.05) is 0 Å². The molecule has 0 heterocycles. The third-order valence-electron chi connectivity index (χ3n) is 3.33. The van der Waals surface area contributed by atoms with Crippen molar-refractivity contribution in [2.75, 3.05) is 19.0 Å². The molecule has 25 heavy (non-hydrogen) atoms. The van der Waals surface area contributed by atoms with Crippen molar-refractivity contribution in [3.63, 3.8) is 0 Å². The van der Waals surface area contributed by atoms with Gasteiger partial charge in [0.15, 0.2) is 18.2 Å². The quantitative estimate of drug-likeness (QED) is 0.815. The van der Waals surface area contributed by atoms with Gasteiger partial charge in [-0.1, -0.05) is 12.1 Å². The molecule has 0 aliphatic heterocycles. The number of aryl methyl sites for hydroxylation is 1. The van der Waals surface area contributed by atoms with Crippen LogP contribution in [0.4, 0.5) is 14.5 Å². The lowest BCUT2D eigenvalue weighted by atomic mass is 10.1. The first-order chi connectivity index (χ1) is 11.9. The number of carbonyl (C=O) groups excluding carboxylic acids is 2. The van der Waals surface area contributed by atoms with Crippen LogP contribution >= 0.6 is 0 Å². The minimum atomic E-state index is -0.705. The molecule has 7 heteroatoms. The molecule has 0 aromatic heterocycles. The molecular formula is C18H17F2NO4. The number of methoxy groups -OCH3 is 1. The van der Waals surface area contributed by atoms with Gasteiger partial charge in [-0.05, 0) is 42.3 Å². The van der Waals surface area contributed by atoms with Crippen molar-refractivity contribution < 1.29 is 27.8 Å². The van der Waals surface area contributed by atoms with Crippen LogP contribution in [0, 0.1) is 18.6 Å². The van der Waals surface area contributed by atoms with Gasteiger partial charge in [0.2, 0.25) is 0 Å². The highest BCUT2D eigenvalue weighted by Crippen LogP contribution is 2.18. The van der Waals surface area contributed by atoms with Crippen LogP contribution in [-0.2, 0) is 20.7 Å². The molecule has 0 aliphatic rings. The Kier molecular flexibility index (Phi) is 6.05. The Morgan fingerprint density at radius 3 is 2.48 bits per heavy atom. The molecule has 2 rings (SSSR count). The van der Waals surface area contributed by atoms with Gasteiger partial charge in [0.05, 0.1) is 19.2 Å². The van der Waals surface area contributed by atoms with E-state index in [9.17, 15) is 18.4 Å². The molecule has 0 atom stereocenters. The molecule has 0 fully saturated rings. The number of carbonyl (C=O) groups is 2. The Bertz CT molecular complexity index is 793. The number of hydrogen-bond acceptors (Lipinski definition) is 4. The number of benzene rings is 2. The Hall–Kier alpha value is -2.96. The monoisotopic (exact) mass is 349 g/mol. The number of esters is 1. The lowest BCUT2D eigenvalue weighted by Crippen LogP contribution is -2.22. The number of ether oxygens (including phenoxy) is 2. The van der Waals surface area contributed by atoms with E-state index in [4.69, 9.17) is 9.47 Å². The lowest BCUT2D eigenvalue weighted by Gasteiger charge is -2.08. The molecule has 0 unspecified atom stereocenters. The summed E-state index contributed by atoms with van der Waals surface area (Å²) in [5, 5.41) is 2.31. The number of amides is 1. The van der Waals surface area contributed by atoms with Crippen molar-refractivity contribution in [3.8, 4) is 5.75 Å². The zero-order chi connectivity index (χ0) is 18.4. The van der Waals surface area contributed by atoms with Crippen LogP contribution in [-0.4, -0.2) is 25.6 Å². The molecule has 0 aliphatic carbocycles. The van der Waals surface area contributed by atoms with Crippen molar-refractivity contribution in [3.05, 3.63) is 59.2 Å². The predicted molar refractivity (Wildman–Crippen MR) is 87.4 cm³/mol. The number of anilines is 1. The fourth-order valence-electron chi connectivity index (χ4n) is 2.09. The van der Waals surface area contributed by atoms with Gasteiger partial charge in [-0.15, -0.1) is 0 Å². The molecule has 2 aromatic rings. The van der Waals surface area contributed by atoms with E-state index >= 15 is 0 Å². The number of rotatable bonds is 6. The number of nitrogens with one attached hydrogen (secondary N) is 1. The second-order valence-corrected chi connectivity index (χ2v) is 5.34. The molecule has 0 saturated carbocycles. The lowest BCUT2D eigenvalue weighted by molar-refractivity contribution is -0.146. The average molecular weight is 349 g/mol. The van der Waals surface area contributed by atoms with E-state index in [1.807, 2.05) is 0 Å². The predicted octanol–water partition coefficient (Wildman–Crippen LogP) is 3.01. The SMILES string of the molecule is COc1ccc(CC(=O)OCC(=O)Nc2ccc(C)cc2F)cc1F. The summed E-state index contributed by atoms with van der Waals surface area (Å²) < 4.78 is 36.8. The third kappa shape index (κ3) is 5.27. The van der Waals surface area contributed by atoms with Gasteiger partial charge in [0.1, 0.15) is 5.82 Å². The Morgan fingerprint density at radius 1 is 1.08 bits per heavy atom. The van der Waals surface area contributed by atoms with Crippen LogP contribution in [0.25, 0.3) is 0 Å². The summed E-state index contributed by atoms with van der Waals surface area (Å²) in [6.07, 6.45) is -0.201. The summed E-state index contributed by atoms with van der Waals surface area (Å²) in [6.45, 7) is 1.16. The third-order valence-corrected chi connectivity index (χ3v) is 3.33. The molecular weight excluding hydrogens is 332 g/mol. The van der Waals surface area contributed by atoms with Crippen LogP contribution in [0.1, 0.15) is 11.1 Å². The van der Waals surface area contributed by atoms with Crippen molar-refractivity contribution in [2.45, 2.75) is 13.3 Å². The first-order valence-electron chi connectivity index (χ1n) is 7.43. The summed E-state index contributed by atoms with van der Waals surface area (Å²) >= 11 is 0. The topological polar surface area (TPSA) is 64.6 Å². The molecule has 0 bridgehead atoms. The smallest absolute Gasteiger partial charge is 0.310 e. The summed E-state index contributed by atoms with van der Waals surface area (Å²) in [5.41, 5.74) is 1.10. The maximum atomic E-state index is 13.6. The Labute approximate surface area is 143 Å². The van der Waals surface area contributed by atoms with Gasteiger partial charge in [-0.2, -0.15) is 0 Å². The standard InChI is InChI=1S/C18H17F2NO4/c1-11-3-5-15(13(19)7-11)21-17(22)10-25-18(23)9-12-4-6-16(24-2)14(20)8-12/h3-8H,9-10H2,1-2H3,(H,21,22). The highest BCUT2D eigenvalue weighted by Gasteiger charge is 2.12. The van der Waals surface area contributed by atoms with Crippen LogP contribution in [0.5, 0.6) is 5.75 Å². The molecule has 1 amide bonds. The Morgan fingerprint density at radius 2 is 1.84 bits per heavy atom. The van der Waals surface area contributed by atoms with E-state index in [-0.39, 0.29) is 17.9 Å². The highest BCUT2D eigenvalue weighted by molar-refractivity contribution is 5.93. The number of hydrogen-bond donors (Lipinski definition) is 1. The fourth-order valence-corrected chi connectivity index (χ4v) is 2.09. The zero-order valence-electron chi connectivity index (χ0n) is 13.8. The highest BCUT2D eigenvalue weighted by atomic mass is 19.1. The van der Waals surface area contributed by atoms with Gasteiger partial charge < -0.3 is 14.8 Å². The maximum absolute atomic E-state index is 13.6. The number of halogens is 2. The molecule has 0 spiro atoms. The first-order valence-corrected chi connectivity index (χ1v) is 7.43. The summed E-state index contributed by atoms with van der Waals surface area (Å²) in [6, 6.07) is 8.41. The largest absolute Gasteiger partial charge is 0.494 e. The van der Waals surface area contributed by atoms with Crippen molar-refractivity contribution in [1.29, 1.82) is 0 Å². The van der Waals surface area contributed by atoms with Gasteiger partial charge in [-0.25, -0.2) is 8.78 Å². The van der Waals surface area contributed by atoms with E-state index in [0.29, 0.717) is 11.1 Å². The molecule has 132 valence electrons. The molecule has 2 aromatic carbocycles. The normalized spacial score (nSPS) is 10.2. The van der Waals surface area contributed by atoms with E-state index in [2.05, 4.69) is 5.32 Å². The van der Waals surface area contributed by atoms with E-state index in [0.717, 1.165) is 6.07 Å². The van der Waals surface area contributed by atoms with E-state index in [1.165, 1.54) is 31.4 Å². The summed E-state index contributed by atoms with van der Waals surface area (Å²) in [4.78, 5) is 23.4. The van der Waals surface area contributed by atoms with E-state index < -0.39 is 30.1 Å². The Balaban J connectivity index is 1.85. The van der Waals surface area contributed by atoms with Crippen LogP contribution in [0.3, 0.4) is 0 Å². The van der Waals surface area contributed by atoms with E-state index in [1.54, 1.807) is 13.0 Å². The molecule has 5 nitrogen and oxygen atoms in total. The minimum Gasteiger partial charge on any atom is -0.494 e. The van der Waals surface area contributed by atoms with Crippen molar-refractivity contribution in [2.24, 2.45) is 0 Å². The maximum Gasteiger partial charge on any atom is 0.310 e. The van der Waals surface area contributed by atoms with Crippen molar-refractivity contribution in [1.82, 2.24) is 0 Å². The fraction of sp³-hybridized carbons (Fsp3) is 0.222. The molecule has 1 N–H and O–H groups in total. The zero-order valence-corrected chi connectivity index (χ0v) is 13.8.